The lowest BCUT2D eigenvalue weighted by atomic mass is 10.3. The maximum Gasteiger partial charge on any atom is 0.276 e. The van der Waals surface area contributed by atoms with Crippen LogP contribution in [-0.2, 0) is 6.54 Å². The van der Waals surface area contributed by atoms with Crippen molar-refractivity contribution in [1.82, 2.24) is 9.78 Å². The molecule has 21 heavy (non-hydrogen) atoms. The maximum atomic E-state index is 12.3. The lowest BCUT2D eigenvalue weighted by Gasteiger charge is -2.13. The Kier molecular flexibility index (Phi) is 3.77. The molecule has 1 aliphatic heterocycles. The Labute approximate surface area is 122 Å². The highest BCUT2D eigenvalue weighted by Gasteiger charge is 2.18. The summed E-state index contributed by atoms with van der Waals surface area (Å²) >= 11 is 0. The Bertz CT molecular complexity index is 628. The van der Waals surface area contributed by atoms with E-state index in [0.29, 0.717) is 36.2 Å². The van der Waals surface area contributed by atoms with Gasteiger partial charge in [0.15, 0.2) is 5.69 Å². The third-order valence-electron chi connectivity index (χ3n) is 3.17. The zero-order valence-electron chi connectivity index (χ0n) is 11.8. The van der Waals surface area contributed by atoms with Crippen LogP contribution in [0.2, 0.25) is 0 Å². The van der Waals surface area contributed by atoms with E-state index in [4.69, 9.17) is 9.47 Å². The number of aromatic nitrogens is 2. The molecule has 6 nitrogen and oxygen atoms in total. The van der Waals surface area contributed by atoms with Crippen LogP contribution in [0.3, 0.4) is 0 Å². The Morgan fingerprint density at radius 3 is 3.14 bits per heavy atom. The lowest BCUT2D eigenvalue weighted by Crippen LogP contribution is -2.16. The minimum atomic E-state index is -0.271. The third kappa shape index (κ3) is 2.84. The summed E-state index contributed by atoms with van der Waals surface area (Å²) in [5.74, 6) is 1.02. The number of nitrogens with one attached hydrogen (secondary N) is 1. The van der Waals surface area contributed by atoms with Gasteiger partial charge in [0.2, 0.25) is 5.88 Å². The van der Waals surface area contributed by atoms with Gasteiger partial charge in [0.25, 0.3) is 5.91 Å². The van der Waals surface area contributed by atoms with Gasteiger partial charge in [-0.2, -0.15) is 5.10 Å². The Morgan fingerprint density at radius 2 is 2.33 bits per heavy atom. The molecular weight excluding hydrogens is 270 g/mol. The highest BCUT2D eigenvalue weighted by Crippen LogP contribution is 2.25. The van der Waals surface area contributed by atoms with E-state index in [0.717, 1.165) is 13.0 Å². The van der Waals surface area contributed by atoms with Gasteiger partial charge < -0.3 is 14.8 Å². The van der Waals surface area contributed by atoms with Crippen LogP contribution in [0.15, 0.2) is 30.3 Å². The molecule has 1 N–H and O–H groups in total. The van der Waals surface area contributed by atoms with Crippen molar-refractivity contribution in [2.45, 2.75) is 19.9 Å². The minimum absolute atomic E-state index is 0.271. The summed E-state index contributed by atoms with van der Waals surface area (Å²) < 4.78 is 12.7. The van der Waals surface area contributed by atoms with Crippen molar-refractivity contribution in [2.75, 3.05) is 18.5 Å². The fourth-order valence-corrected chi connectivity index (χ4v) is 2.22. The van der Waals surface area contributed by atoms with Gasteiger partial charge in [-0.1, -0.05) is 12.1 Å². The van der Waals surface area contributed by atoms with E-state index in [9.17, 15) is 4.79 Å². The molecule has 1 aliphatic rings. The first-order chi connectivity index (χ1) is 10.3. The summed E-state index contributed by atoms with van der Waals surface area (Å²) in [6.45, 7) is 3.89. The van der Waals surface area contributed by atoms with E-state index in [1.807, 2.05) is 25.1 Å². The van der Waals surface area contributed by atoms with E-state index >= 15 is 0 Å². The summed E-state index contributed by atoms with van der Waals surface area (Å²) in [4.78, 5) is 12.3. The first-order valence-corrected chi connectivity index (χ1v) is 7.01. The van der Waals surface area contributed by atoms with Crippen molar-refractivity contribution < 1.29 is 14.3 Å². The number of nitrogens with zero attached hydrogens (tertiary/aromatic N) is 2. The highest BCUT2D eigenvalue weighted by atomic mass is 16.5. The number of benzene rings is 1. The molecule has 0 saturated heterocycles. The first kappa shape index (κ1) is 13.5. The minimum Gasteiger partial charge on any atom is -0.492 e. The Morgan fingerprint density at radius 1 is 1.48 bits per heavy atom. The predicted molar refractivity (Wildman–Crippen MR) is 77.9 cm³/mol. The smallest absolute Gasteiger partial charge is 0.276 e. The maximum absolute atomic E-state index is 12.3. The number of fused-ring (bicyclic) bond motifs is 1. The highest BCUT2D eigenvalue weighted by molar-refractivity contribution is 6.03. The fraction of sp³-hybridized carbons (Fsp3) is 0.333. The summed E-state index contributed by atoms with van der Waals surface area (Å²) in [7, 11) is 0. The summed E-state index contributed by atoms with van der Waals surface area (Å²) in [5.41, 5.74) is 0.981. The van der Waals surface area contributed by atoms with Gasteiger partial charge in [0.05, 0.1) is 18.9 Å². The third-order valence-corrected chi connectivity index (χ3v) is 3.17. The molecule has 0 unspecified atom stereocenters. The lowest BCUT2D eigenvalue weighted by molar-refractivity contribution is 0.102. The molecule has 0 atom stereocenters. The zero-order chi connectivity index (χ0) is 14.7. The number of para-hydroxylation sites is 2. The van der Waals surface area contributed by atoms with Gasteiger partial charge in [0.1, 0.15) is 5.75 Å². The molecule has 0 fully saturated rings. The van der Waals surface area contributed by atoms with Crippen LogP contribution in [0.4, 0.5) is 5.69 Å². The zero-order valence-corrected chi connectivity index (χ0v) is 11.8. The monoisotopic (exact) mass is 287 g/mol. The molecule has 1 amide bonds. The second kappa shape index (κ2) is 5.87. The second-order valence-electron chi connectivity index (χ2n) is 4.68. The van der Waals surface area contributed by atoms with Crippen LogP contribution in [0, 0.1) is 0 Å². The normalized spacial score (nSPS) is 13.2. The van der Waals surface area contributed by atoms with Crippen LogP contribution in [0.5, 0.6) is 11.6 Å². The van der Waals surface area contributed by atoms with E-state index in [1.54, 1.807) is 16.8 Å². The predicted octanol–water partition coefficient (Wildman–Crippen LogP) is 2.32. The van der Waals surface area contributed by atoms with Crippen molar-refractivity contribution in [3.63, 3.8) is 0 Å². The van der Waals surface area contributed by atoms with E-state index in [2.05, 4.69) is 10.4 Å². The quantitative estimate of drug-likeness (QED) is 0.937. The molecule has 6 heteroatoms. The van der Waals surface area contributed by atoms with Gasteiger partial charge in [-0.15, -0.1) is 0 Å². The van der Waals surface area contributed by atoms with Crippen LogP contribution in [0.1, 0.15) is 23.8 Å². The van der Waals surface area contributed by atoms with Crippen molar-refractivity contribution in [3.8, 4) is 11.6 Å². The van der Waals surface area contributed by atoms with Gasteiger partial charge in [-0.25, -0.2) is 4.68 Å². The number of hydrogen-bond acceptors (Lipinski definition) is 4. The second-order valence-corrected chi connectivity index (χ2v) is 4.68. The standard InChI is InChI=1S/C15H17N3O3/c1-2-20-13-7-4-3-6-11(13)16-15(19)12-10-14-18(17-12)8-5-9-21-14/h3-4,6-7,10H,2,5,8-9H2,1H3,(H,16,19). The summed E-state index contributed by atoms with van der Waals surface area (Å²) in [6, 6.07) is 9.00. The number of rotatable bonds is 4. The SMILES string of the molecule is CCOc1ccccc1NC(=O)c1cc2n(n1)CCCO2. The van der Waals surface area contributed by atoms with Gasteiger partial charge in [0, 0.05) is 19.0 Å². The molecule has 1 aromatic carbocycles. The summed E-state index contributed by atoms with van der Waals surface area (Å²) in [5, 5.41) is 7.09. The van der Waals surface area contributed by atoms with E-state index in [1.165, 1.54) is 0 Å². The number of anilines is 1. The van der Waals surface area contributed by atoms with Gasteiger partial charge in [-0.3, -0.25) is 4.79 Å². The number of amides is 1. The van der Waals surface area contributed by atoms with Crippen molar-refractivity contribution in [2.24, 2.45) is 0 Å². The molecule has 0 spiro atoms. The molecule has 110 valence electrons. The molecule has 3 rings (SSSR count). The van der Waals surface area contributed by atoms with E-state index < -0.39 is 0 Å². The number of ether oxygens (including phenoxy) is 2. The van der Waals surface area contributed by atoms with Gasteiger partial charge >= 0.3 is 0 Å². The van der Waals surface area contributed by atoms with Crippen LogP contribution in [0.25, 0.3) is 0 Å². The van der Waals surface area contributed by atoms with Crippen molar-refractivity contribution in [1.29, 1.82) is 0 Å². The molecule has 0 aliphatic carbocycles. The molecule has 2 aromatic rings. The largest absolute Gasteiger partial charge is 0.492 e. The molecule has 2 heterocycles. The van der Waals surface area contributed by atoms with E-state index in [-0.39, 0.29) is 5.91 Å². The molecular formula is C15H17N3O3. The van der Waals surface area contributed by atoms with Crippen LogP contribution >= 0.6 is 0 Å². The molecule has 1 aromatic heterocycles. The Balaban J connectivity index is 1.78. The summed E-state index contributed by atoms with van der Waals surface area (Å²) in [6.07, 6.45) is 0.906. The fourth-order valence-electron chi connectivity index (χ4n) is 2.22. The average molecular weight is 287 g/mol. The number of hydrogen-bond donors (Lipinski definition) is 1. The number of aryl methyl sites for hydroxylation is 1. The van der Waals surface area contributed by atoms with Crippen LogP contribution < -0.4 is 14.8 Å². The van der Waals surface area contributed by atoms with Gasteiger partial charge in [-0.05, 0) is 19.1 Å². The first-order valence-electron chi connectivity index (χ1n) is 7.01. The molecule has 0 bridgehead atoms. The van der Waals surface area contributed by atoms with Crippen molar-refractivity contribution >= 4 is 11.6 Å². The average Bonchev–Trinajstić information content (AvgIpc) is 2.93. The van der Waals surface area contributed by atoms with Crippen molar-refractivity contribution in [3.05, 3.63) is 36.0 Å². The van der Waals surface area contributed by atoms with Crippen LogP contribution in [-0.4, -0.2) is 28.9 Å². The number of carbonyl (C=O) groups excluding carboxylic acids is 1. The molecule has 0 radical (unpaired) electrons. The molecule has 0 saturated carbocycles. The number of carbonyl (C=O) groups is 1. The topological polar surface area (TPSA) is 65.4 Å². The Hall–Kier alpha value is -2.50.